The van der Waals surface area contributed by atoms with Crippen molar-refractivity contribution in [2.45, 2.75) is 38.7 Å². The fourth-order valence-electron chi connectivity index (χ4n) is 4.21. The lowest BCUT2D eigenvalue weighted by molar-refractivity contribution is 0.121. The van der Waals surface area contributed by atoms with Crippen LogP contribution < -0.4 is 15.4 Å². The van der Waals surface area contributed by atoms with E-state index in [-0.39, 0.29) is 6.10 Å². The SMILES string of the molecule is C/C=C(/N=CN)C1CCC(Oc2nc(N3CCOCC3)cc3ncccc23)CC1. The molecule has 2 fully saturated rings. The van der Waals surface area contributed by atoms with Crippen LogP contribution in [0.4, 0.5) is 5.82 Å². The Hall–Kier alpha value is -2.67. The van der Waals surface area contributed by atoms with Gasteiger partial charge in [-0.25, -0.2) is 4.99 Å². The molecule has 0 amide bonds. The van der Waals surface area contributed by atoms with Crippen LogP contribution in [0.2, 0.25) is 0 Å². The van der Waals surface area contributed by atoms with Gasteiger partial charge < -0.3 is 20.1 Å². The van der Waals surface area contributed by atoms with Crippen molar-refractivity contribution in [1.29, 1.82) is 0 Å². The molecule has 1 saturated heterocycles. The summed E-state index contributed by atoms with van der Waals surface area (Å²) in [5.74, 6) is 2.05. The van der Waals surface area contributed by atoms with Gasteiger partial charge in [-0.05, 0) is 44.7 Å². The Kier molecular flexibility index (Phi) is 6.24. The maximum absolute atomic E-state index is 6.43. The molecule has 2 aromatic heterocycles. The average Bonchev–Trinajstić information content (AvgIpc) is 2.78. The number of allylic oxidation sites excluding steroid dienone is 2. The molecule has 0 bridgehead atoms. The lowest BCUT2D eigenvalue weighted by Crippen LogP contribution is -2.36. The second-order valence-electron chi connectivity index (χ2n) is 7.54. The Morgan fingerprint density at radius 2 is 2.07 bits per heavy atom. The fraction of sp³-hybridized carbons (Fsp3) is 0.500. The van der Waals surface area contributed by atoms with Gasteiger partial charge in [0, 0.05) is 37.0 Å². The first-order valence-corrected chi connectivity index (χ1v) is 10.4. The molecule has 0 radical (unpaired) electrons. The minimum Gasteiger partial charge on any atom is -0.474 e. The predicted octanol–water partition coefficient (Wildman–Crippen LogP) is 3.29. The highest BCUT2D eigenvalue weighted by molar-refractivity contribution is 5.85. The van der Waals surface area contributed by atoms with Gasteiger partial charge >= 0.3 is 0 Å². The molecular weight excluding hydrogens is 366 g/mol. The van der Waals surface area contributed by atoms with E-state index in [0.717, 1.165) is 74.4 Å². The zero-order valence-electron chi connectivity index (χ0n) is 17.0. The number of ether oxygens (including phenoxy) is 2. The first-order chi connectivity index (χ1) is 14.3. The first kappa shape index (κ1) is 19.6. The summed E-state index contributed by atoms with van der Waals surface area (Å²) < 4.78 is 11.9. The molecule has 0 unspecified atom stereocenters. The van der Waals surface area contributed by atoms with Gasteiger partial charge in [-0.2, -0.15) is 4.98 Å². The Labute approximate surface area is 171 Å². The van der Waals surface area contributed by atoms with Crippen molar-refractivity contribution in [3.8, 4) is 5.88 Å². The number of morpholine rings is 1. The number of hydrogen-bond acceptors (Lipinski definition) is 6. The van der Waals surface area contributed by atoms with Gasteiger partial charge in [0.25, 0.3) is 0 Å². The monoisotopic (exact) mass is 395 g/mol. The van der Waals surface area contributed by atoms with Crippen LogP contribution >= 0.6 is 0 Å². The third-order valence-electron chi connectivity index (χ3n) is 5.78. The van der Waals surface area contributed by atoms with Crippen LogP contribution in [0, 0.1) is 5.92 Å². The molecule has 2 aromatic rings. The molecule has 0 spiro atoms. The smallest absolute Gasteiger partial charge is 0.225 e. The highest BCUT2D eigenvalue weighted by Crippen LogP contribution is 2.34. The molecule has 0 atom stereocenters. The highest BCUT2D eigenvalue weighted by atomic mass is 16.5. The summed E-state index contributed by atoms with van der Waals surface area (Å²) in [6, 6.07) is 6.02. The fourth-order valence-corrected chi connectivity index (χ4v) is 4.21. The number of hydrogen-bond donors (Lipinski definition) is 1. The van der Waals surface area contributed by atoms with Crippen molar-refractivity contribution in [2.24, 2.45) is 16.6 Å². The van der Waals surface area contributed by atoms with E-state index in [0.29, 0.717) is 11.8 Å². The molecule has 3 heterocycles. The quantitative estimate of drug-likeness (QED) is 0.618. The maximum Gasteiger partial charge on any atom is 0.225 e. The number of nitrogens with zero attached hydrogens (tertiary/aromatic N) is 4. The molecular formula is C22H29N5O2. The zero-order chi connectivity index (χ0) is 20.1. The van der Waals surface area contributed by atoms with E-state index in [4.69, 9.17) is 20.2 Å². The molecule has 0 aromatic carbocycles. The third-order valence-corrected chi connectivity index (χ3v) is 5.78. The predicted molar refractivity (Wildman–Crippen MR) is 115 cm³/mol. The Bertz CT molecular complexity index is 884. The largest absolute Gasteiger partial charge is 0.474 e. The maximum atomic E-state index is 6.43. The van der Waals surface area contributed by atoms with E-state index in [1.807, 2.05) is 31.3 Å². The highest BCUT2D eigenvalue weighted by Gasteiger charge is 2.26. The van der Waals surface area contributed by atoms with E-state index in [1.165, 1.54) is 6.34 Å². The van der Waals surface area contributed by atoms with Crippen molar-refractivity contribution >= 4 is 23.1 Å². The van der Waals surface area contributed by atoms with Crippen molar-refractivity contribution in [3.63, 3.8) is 0 Å². The minimum absolute atomic E-state index is 0.155. The van der Waals surface area contributed by atoms with Crippen molar-refractivity contribution in [1.82, 2.24) is 9.97 Å². The second kappa shape index (κ2) is 9.22. The summed E-state index contributed by atoms with van der Waals surface area (Å²) in [6.45, 7) is 5.14. The summed E-state index contributed by atoms with van der Waals surface area (Å²) in [4.78, 5) is 16.0. The molecule has 7 heteroatoms. The van der Waals surface area contributed by atoms with Gasteiger partial charge in [0.2, 0.25) is 5.88 Å². The van der Waals surface area contributed by atoms with Crippen LogP contribution in [0.5, 0.6) is 5.88 Å². The zero-order valence-corrected chi connectivity index (χ0v) is 17.0. The van der Waals surface area contributed by atoms with Crippen LogP contribution in [-0.2, 0) is 4.74 Å². The van der Waals surface area contributed by atoms with Crippen LogP contribution in [0.1, 0.15) is 32.6 Å². The van der Waals surface area contributed by atoms with Crippen LogP contribution in [0.15, 0.2) is 41.2 Å². The lowest BCUT2D eigenvalue weighted by Gasteiger charge is -2.30. The minimum atomic E-state index is 0.155. The van der Waals surface area contributed by atoms with Gasteiger partial charge in [0.15, 0.2) is 0 Å². The summed E-state index contributed by atoms with van der Waals surface area (Å²) in [6.07, 6.45) is 9.46. The van der Waals surface area contributed by atoms with E-state index >= 15 is 0 Å². The second-order valence-corrected chi connectivity index (χ2v) is 7.54. The summed E-state index contributed by atoms with van der Waals surface area (Å²) in [5, 5.41) is 0.966. The van der Waals surface area contributed by atoms with Gasteiger partial charge in [-0.3, -0.25) is 4.98 Å². The first-order valence-electron chi connectivity index (χ1n) is 10.4. The van der Waals surface area contributed by atoms with E-state index in [1.54, 1.807) is 0 Å². The number of aromatic nitrogens is 2. The Balaban J connectivity index is 1.52. The lowest BCUT2D eigenvalue weighted by atomic mass is 9.85. The molecule has 1 aliphatic heterocycles. The van der Waals surface area contributed by atoms with E-state index in [9.17, 15) is 0 Å². The Morgan fingerprint density at radius 3 is 2.79 bits per heavy atom. The molecule has 2 aliphatic rings. The molecule has 154 valence electrons. The Morgan fingerprint density at radius 1 is 1.28 bits per heavy atom. The molecule has 4 rings (SSSR count). The van der Waals surface area contributed by atoms with Gasteiger partial charge in [-0.15, -0.1) is 0 Å². The standard InChI is InChI=1S/C22H29N5O2/c1-2-19(25-15-23)16-5-7-17(8-6-16)29-22-18-4-3-9-24-20(18)14-21(26-22)27-10-12-28-13-11-27/h2-4,9,14-17H,5-8,10-13H2,1H3,(H2,23,25)/b19-2+. The number of fused-ring (bicyclic) bond motifs is 1. The average molecular weight is 396 g/mol. The number of rotatable bonds is 5. The van der Waals surface area contributed by atoms with Gasteiger partial charge in [0.1, 0.15) is 11.9 Å². The molecule has 2 N–H and O–H groups in total. The van der Waals surface area contributed by atoms with Crippen molar-refractivity contribution in [2.75, 3.05) is 31.2 Å². The summed E-state index contributed by atoms with van der Waals surface area (Å²) in [5.41, 5.74) is 7.48. The van der Waals surface area contributed by atoms with Gasteiger partial charge in [-0.1, -0.05) is 6.08 Å². The number of nitrogens with two attached hydrogens (primary N) is 1. The number of anilines is 1. The molecule has 29 heavy (non-hydrogen) atoms. The van der Waals surface area contributed by atoms with Gasteiger partial charge in [0.05, 0.1) is 30.5 Å². The van der Waals surface area contributed by atoms with Crippen LogP contribution in [0.3, 0.4) is 0 Å². The molecule has 1 aliphatic carbocycles. The third kappa shape index (κ3) is 4.50. The van der Waals surface area contributed by atoms with Crippen molar-refractivity contribution in [3.05, 3.63) is 36.2 Å². The van der Waals surface area contributed by atoms with Crippen LogP contribution in [0.25, 0.3) is 10.9 Å². The topological polar surface area (TPSA) is 85.9 Å². The number of pyridine rings is 2. The van der Waals surface area contributed by atoms with E-state index in [2.05, 4.69) is 21.0 Å². The van der Waals surface area contributed by atoms with Crippen LogP contribution in [-0.4, -0.2) is 48.7 Å². The summed E-state index contributed by atoms with van der Waals surface area (Å²) >= 11 is 0. The summed E-state index contributed by atoms with van der Waals surface area (Å²) in [7, 11) is 0. The molecule has 1 saturated carbocycles. The molecule has 7 nitrogen and oxygen atoms in total. The normalized spacial score (nSPS) is 23.6. The van der Waals surface area contributed by atoms with Crippen molar-refractivity contribution < 1.29 is 9.47 Å². The number of aliphatic imine (C=N–C) groups is 1. The van der Waals surface area contributed by atoms with E-state index < -0.39 is 0 Å².